The number of aromatic hydroxyl groups is 1. The van der Waals surface area contributed by atoms with Gasteiger partial charge in [0.05, 0.1) is 12.4 Å². The number of amides is 2. The van der Waals surface area contributed by atoms with Gasteiger partial charge >= 0.3 is 12.1 Å². The molecule has 2 rings (SSSR count). The molecule has 0 aliphatic rings. The van der Waals surface area contributed by atoms with Crippen molar-refractivity contribution in [2.75, 3.05) is 12.4 Å². The number of phenols is 1. The standard InChI is InChI=1S/C20H20INO6S/c21-14-8-9-16(23)15(11-14)17(7-4-10-27-18(24)12-29)28-20(26)22-19(25)13-5-2-1-3-6-13/h1-3,5-6,8-9,11,17,23,29H,4,7,10,12H2,(H,22,25,26)/t17-/m0/s1. The first-order valence-electron chi connectivity index (χ1n) is 8.72. The van der Waals surface area contributed by atoms with Gasteiger partial charge in [0.1, 0.15) is 11.9 Å². The maximum atomic E-state index is 12.3. The lowest BCUT2D eigenvalue weighted by atomic mass is 10.0. The predicted molar refractivity (Wildman–Crippen MR) is 118 cm³/mol. The predicted octanol–water partition coefficient (Wildman–Crippen LogP) is 3.86. The molecule has 0 bridgehead atoms. The van der Waals surface area contributed by atoms with Gasteiger partial charge in [-0.15, -0.1) is 0 Å². The Morgan fingerprint density at radius 1 is 1.14 bits per heavy atom. The molecule has 2 aromatic rings. The number of esters is 1. The highest BCUT2D eigenvalue weighted by atomic mass is 127. The van der Waals surface area contributed by atoms with Crippen molar-refractivity contribution < 1.29 is 29.0 Å². The number of nitrogens with one attached hydrogen (secondary N) is 1. The summed E-state index contributed by atoms with van der Waals surface area (Å²) in [5, 5.41) is 12.4. The van der Waals surface area contributed by atoms with Crippen molar-refractivity contribution in [1.29, 1.82) is 0 Å². The molecule has 9 heteroatoms. The van der Waals surface area contributed by atoms with E-state index in [-0.39, 0.29) is 24.5 Å². The highest BCUT2D eigenvalue weighted by Gasteiger charge is 2.22. The summed E-state index contributed by atoms with van der Waals surface area (Å²) in [5.74, 6) is -1.11. The molecule has 0 fully saturated rings. The Balaban J connectivity index is 2.05. The lowest BCUT2D eigenvalue weighted by Gasteiger charge is -2.19. The smallest absolute Gasteiger partial charge is 0.414 e. The van der Waals surface area contributed by atoms with Crippen LogP contribution in [0.25, 0.3) is 0 Å². The number of carbonyl (C=O) groups is 3. The fourth-order valence-corrected chi connectivity index (χ4v) is 3.08. The van der Waals surface area contributed by atoms with E-state index < -0.39 is 24.1 Å². The van der Waals surface area contributed by atoms with Gasteiger partial charge < -0.3 is 14.6 Å². The average Bonchev–Trinajstić information content (AvgIpc) is 2.72. The summed E-state index contributed by atoms with van der Waals surface area (Å²) in [7, 11) is 0. The molecular weight excluding hydrogens is 509 g/mol. The van der Waals surface area contributed by atoms with Crippen LogP contribution in [-0.4, -0.2) is 35.4 Å². The van der Waals surface area contributed by atoms with E-state index in [1.807, 2.05) is 0 Å². The number of imide groups is 1. The summed E-state index contributed by atoms with van der Waals surface area (Å²) in [6, 6.07) is 13.2. The second kappa shape index (κ2) is 11.7. The number of carbonyl (C=O) groups excluding carboxylic acids is 3. The van der Waals surface area contributed by atoms with Gasteiger partial charge in [0.2, 0.25) is 0 Å². The third-order valence-electron chi connectivity index (χ3n) is 3.84. The molecule has 0 saturated heterocycles. The second-order valence-electron chi connectivity index (χ2n) is 5.94. The highest BCUT2D eigenvalue weighted by Crippen LogP contribution is 2.31. The molecule has 0 aliphatic carbocycles. The Labute approximate surface area is 187 Å². The van der Waals surface area contributed by atoms with Crippen LogP contribution in [-0.2, 0) is 14.3 Å². The Morgan fingerprint density at radius 2 is 1.86 bits per heavy atom. The van der Waals surface area contributed by atoms with E-state index in [2.05, 4.69) is 40.5 Å². The van der Waals surface area contributed by atoms with Crippen LogP contribution in [0.2, 0.25) is 0 Å². The zero-order valence-electron chi connectivity index (χ0n) is 15.3. The molecule has 154 valence electrons. The summed E-state index contributed by atoms with van der Waals surface area (Å²) in [6.45, 7) is 0.120. The van der Waals surface area contributed by atoms with Gasteiger partial charge in [0.25, 0.3) is 5.91 Å². The lowest BCUT2D eigenvalue weighted by molar-refractivity contribution is -0.140. The van der Waals surface area contributed by atoms with Gasteiger partial charge in [0, 0.05) is 14.7 Å². The van der Waals surface area contributed by atoms with Crippen LogP contribution in [0.3, 0.4) is 0 Å². The number of thiol groups is 1. The summed E-state index contributed by atoms with van der Waals surface area (Å²) < 4.78 is 11.2. The fraction of sp³-hybridized carbons (Fsp3) is 0.250. The summed E-state index contributed by atoms with van der Waals surface area (Å²) in [4.78, 5) is 35.6. The third kappa shape index (κ3) is 7.58. The third-order valence-corrected chi connectivity index (χ3v) is 4.77. The number of ether oxygens (including phenoxy) is 2. The summed E-state index contributed by atoms with van der Waals surface area (Å²) >= 11 is 5.91. The topological polar surface area (TPSA) is 102 Å². The lowest BCUT2D eigenvalue weighted by Crippen LogP contribution is -2.32. The van der Waals surface area contributed by atoms with Gasteiger partial charge in [-0.1, -0.05) is 18.2 Å². The van der Waals surface area contributed by atoms with E-state index in [0.29, 0.717) is 17.5 Å². The number of hydrogen-bond acceptors (Lipinski definition) is 7. The minimum atomic E-state index is -0.936. The van der Waals surface area contributed by atoms with Crippen LogP contribution in [0.4, 0.5) is 4.79 Å². The van der Waals surface area contributed by atoms with E-state index in [4.69, 9.17) is 9.47 Å². The summed E-state index contributed by atoms with van der Waals surface area (Å²) in [6.07, 6.45) is -1.10. The number of hydrogen-bond donors (Lipinski definition) is 3. The molecule has 0 spiro atoms. The first-order chi connectivity index (χ1) is 13.9. The Bertz CT molecular complexity index is 861. The van der Waals surface area contributed by atoms with Crippen LogP contribution >= 0.6 is 35.2 Å². The zero-order chi connectivity index (χ0) is 21.2. The maximum Gasteiger partial charge on any atom is 0.414 e. The Kier molecular flexibility index (Phi) is 9.26. The van der Waals surface area contributed by atoms with Crippen LogP contribution < -0.4 is 5.32 Å². The first-order valence-corrected chi connectivity index (χ1v) is 10.4. The molecule has 0 aliphatic heterocycles. The quantitative estimate of drug-likeness (QED) is 0.208. The van der Waals surface area contributed by atoms with E-state index in [0.717, 1.165) is 3.57 Å². The number of phenolic OH excluding ortho intramolecular Hbond substituents is 1. The van der Waals surface area contributed by atoms with Crippen molar-refractivity contribution in [2.45, 2.75) is 18.9 Å². The molecule has 2 amide bonds. The molecule has 0 saturated carbocycles. The van der Waals surface area contributed by atoms with Crippen LogP contribution in [0.1, 0.15) is 34.9 Å². The van der Waals surface area contributed by atoms with Crippen LogP contribution in [0.5, 0.6) is 5.75 Å². The van der Waals surface area contributed by atoms with E-state index in [1.54, 1.807) is 42.5 Å². The van der Waals surface area contributed by atoms with Gasteiger partial charge in [-0.05, 0) is 65.8 Å². The van der Waals surface area contributed by atoms with Gasteiger partial charge in [-0.2, -0.15) is 12.6 Å². The van der Waals surface area contributed by atoms with Crippen molar-refractivity contribution in [3.63, 3.8) is 0 Å². The van der Waals surface area contributed by atoms with E-state index in [1.165, 1.54) is 6.07 Å². The van der Waals surface area contributed by atoms with E-state index >= 15 is 0 Å². The molecule has 2 N–H and O–H groups in total. The molecule has 0 aromatic heterocycles. The van der Waals surface area contributed by atoms with Gasteiger partial charge in [0.15, 0.2) is 0 Å². The number of halogens is 1. The molecule has 29 heavy (non-hydrogen) atoms. The van der Waals surface area contributed by atoms with Crippen LogP contribution in [0.15, 0.2) is 48.5 Å². The monoisotopic (exact) mass is 529 g/mol. The largest absolute Gasteiger partial charge is 0.508 e. The molecule has 2 aromatic carbocycles. The van der Waals surface area contributed by atoms with Gasteiger partial charge in [-0.3, -0.25) is 14.9 Å². The number of benzene rings is 2. The molecular formula is C20H20INO6S. The molecule has 7 nitrogen and oxygen atoms in total. The molecule has 0 heterocycles. The van der Waals surface area contributed by atoms with Crippen molar-refractivity contribution in [1.82, 2.24) is 5.32 Å². The minimum Gasteiger partial charge on any atom is -0.508 e. The van der Waals surface area contributed by atoms with Gasteiger partial charge in [-0.25, -0.2) is 4.79 Å². The van der Waals surface area contributed by atoms with Crippen molar-refractivity contribution >= 4 is 53.2 Å². The molecule has 1 atom stereocenters. The van der Waals surface area contributed by atoms with E-state index in [9.17, 15) is 19.5 Å². The number of alkyl carbamates (subject to hydrolysis) is 1. The summed E-state index contributed by atoms with van der Waals surface area (Å²) in [5.41, 5.74) is 0.719. The highest BCUT2D eigenvalue weighted by molar-refractivity contribution is 14.1. The zero-order valence-corrected chi connectivity index (χ0v) is 18.4. The van der Waals surface area contributed by atoms with Crippen LogP contribution in [0, 0.1) is 3.57 Å². The normalized spacial score (nSPS) is 11.4. The SMILES string of the molecule is O=C(CS)OCCC[C@H](OC(=O)NC(=O)c1ccccc1)c1cc(I)ccc1O. The Hall–Kier alpha value is -2.27. The second-order valence-corrected chi connectivity index (χ2v) is 7.50. The minimum absolute atomic E-state index is 0.0262. The average molecular weight is 529 g/mol. The first kappa shape index (κ1) is 23.0. The number of rotatable bonds is 8. The Morgan fingerprint density at radius 3 is 2.55 bits per heavy atom. The fourth-order valence-electron chi connectivity index (χ4n) is 2.47. The van der Waals surface area contributed by atoms with Crippen molar-refractivity contribution in [2.24, 2.45) is 0 Å². The maximum absolute atomic E-state index is 12.3. The molecule has 0 unspecified atom stereocenters. The van der Waals surface area contributed by atoms with Crippen molar-refractivity contribution in [3.05, 3.63) is 63.2 Å². The molecule has 0 radical (unpaired) electrons. The van der Waals surface area contributed by atoms with Crippen molar-refractivity contribution in [3.8, 4) is 5.75 Å².